The number of nitrogens with zero attached hydrogens (tertiary/aromatic N) is 2. The zero-order chi connectivity index (χ0) is 20.5. The van der Waals surface area contributed by atoms with Crippen LogP contribution >= 0.6 is 0 Å². The Bertz CT molecular complexity index is 504. The molecule has 2 unspecified atom stereocenters. The van der Waals surface area contributed by atoms with Crippen molar-refractivity contribution in [2.45, 2.75) is 52.1 Å². The predicted molar refractivity (Wildman–Crippen MR) is 93.7 cm³/mol. The molecule has 0 heterocycles. The van der Waals surface area contributed by atoms with E-state index in [0.29, 0.717) is 6.42 Å². The van der Waals surface area contributed by atoms with Crippen LogP contribution in [0.4, 0.5) is 0 Å². The van der Waals surface area contributed by atoms with Gasteiger partial charge in [0.05, 0.1) is 13.2 Å². The second-order valence-electron chi connectivity index (χ2n) is 4.78. The number of hydrogen-bond donors (Lipinski definition) is 0. The van der Waals surface area contributed by atoms with E-state index in [1.165, 1.54) is 6.08 Å². The van der Waals surface area contributed by atoms with E-state index in [2.05, 4.69) is 16.1 Å². The molecule has 0 spiro atoms. The van der Waals surface area contributed by atoms with Gasteiger partial charge in [-0.2, -0.15) is 0 Å². The van der Waals surface area contributed by atoms with Crippen LogP contribution in [-0.2, 0) is 19.1 Å². The zero-order valence-corrected chi connectivity index (χ0v) is 15.3. The topological polar surface area (TPSA) is 139 Å². The third-order valence-corrected chi connectivity index (χ3v) is 2.87. The van der Waals surface area contributed by atoms with Gasteiger partial charge < -0.3 is 9.47 Å². The SMILES string of the molecule is C=CCCC(C(=O)OCC)[N+](=O)[O-].CC=CCC(C(=O)OCC)[N+](=O)[O-]. The Morgan fingerprint density at radius 3 is 1.85 bits per heavy atom. The number of esters is 2. The summed E-state index contributed by atoms with van der Waals surface area (Å²) < 4.78 is 9.10. The molecule has 26 heavy (non-hydrogen) atoms. The van der Waals surface area contributed by atoms with Gasteiger partial charge in [0.25, 0.3) is 0 Å². The van der Waals surface area contributed by atoms with Gasteiger partial charge in [-0.05, 0) is 27.2 Å². The summed E-state index contributed by atoms with van der Waals surface area (Å²) in [7, 11) is 0. The normalized spacial score (nSPS) is 12.3. The van der Waals surface area contributed by atoms with E-state index in [4.69, 9.17) is 0 Å². The molecule has 2 atom stereocenters. The fourth-order valence-corrected chi connectivity index (χ4v) is 1.60. The molecule has 0 aromatic rings. The highest BCUT2D eigenvalue weighted by Gasteiger charge is 2.30. The number of carbonyl (C=O) groups excluding carboxylic acids is 2. The van der Waals surface area contributed by atoms with Crippen molar-refractivity contribution in [2.75, 3.05) is 13.2 Å². The van der Waals surface area contributed by atoms with Gasteiger partial charge in [-0.15, -0.1) is 6.58 Å². The fraction of sp³-hybridized carbons (Fsp3) is 0.625. The molecule has 0 aliphatic rings. The fourth-order valence-electron chi connectivity index (χ4n) is 1.60. The molecule has 0 aliphatic carbocycles. The summed E-state index contributed by atoms with van der Waals surface area (Å²) in [5.74, 6) is -1.54. The Hall–Kier alpha value is -2.78. The molecule has 0 aromatic heterocycles. The Balaban J connectivity index is 0. The van der Waals surface area contributed by atoms with E-state index >= 15 is 0 Å². The molecular formula is C16H26N2O8. The Labute approximate surface area is 152 Å². The highest BCUT2D eigenvalue weighted by Crippen LogP contribution is 2.04. The molecule has 0 saturated carbocycles. The lowest BCUT2D eigenvalue weighted by molar-refractivity contribution is -0.511. The summed E-state index contributed by atoms with van der Waals surface area (Å²) in [5, 5.41) is 20.8. The summed E-state index contributed by atoms with van der Waals surface area (Å²) >= 11 is 0. The minimum absolute atomic E-state index is 0.0856. The summed E-state index contributed by atoms with van der Waals surface area (Å²) in [5.41, 5.74) is 0. The van der Waals surface area contributed by atoms with Crippen LogP contribution < -0.4 is 0 Å². The van der Waals surface area contributed by atoms with Gasteiger partial charge >= 0.3 is 24.0 Å². The van der Waals surface area contributed by atoms with Gasteiger partial charge in [-0.1, -0.05) is 18.2 Å². The zero-order valence-electron chi connectivity index (χ0n) is 15.3. The number of nitro groups is 2. The molecular weight excluding hydrogens is 348 g/mol. The molecule has 0 saturated heterocycles. The number of hydrogen-bond acceptors (Lipinski definition) is 8. The molecule has 0 fully saturated rings. The second kappa shape index (κ2) is 15.7. The second-order valence-corrected chi connectivity index (χ2v) is 4.78. The first kappa shape index (κ1) is 25.5. The van der Waals surface area contributed by atoms with E-state index in [9.17, 15) is 29.8 Å². The van der Waals surface area contributed by atoms with Crippen LogP contribution in [0.25, 0.3) is 0 Å². The largest absolute Gasteiger partial charge is 0.461 e. The number of rotatable bonds is 11. The molecule has 0 aliphatic heterocycles. The van der Waals surface area contributed by atoms with Crippen molar-refractivity contribution in [1.82, 2.24) is 0 Å². The lowest BCUT2D eigenvalue weighted by atomic mass is 10.2. The van der Waals surface area contributed by atoms with E-state index < -0.39 is 33.9 Å². The highest BCUT2D eigenvalue weighted by molar-refractivity contribution is 5.74. The van der Waals surface area contributed by atoms with E-state index in [1.807, 2.05) is 0 Å². The van der Waals surface area contributed by atoms with Crippen LogP contribution in [0.2, 0.25) is 0 Å². The van der Waals surface area contributed by atoms with Crippen molar-refractivity contribution in [3.8, 4) is 0 Å². The van der Waals surface area contributed by atoms with Crippen molar-refractivity contribution in [1.29, 1.82) is 0 Å². The maximum Gasteiger partial charge on any atom is 0.381 e. The predicted octanol–water partition coefficient (Wildman–Crippen LogP) is 2.32. The molecule has 0 radical (unpaired) electrons. The van der Waals surface area contributed by atoms with Gasteiger partial charge in [0.15, 0.2) is 0 Å². The summed E-state index contributed by atoms with van der Waals surface area (Å²) in [6.45, 7) is 8.72. The van der Waals surface area contributed by atoms with Crippen molar-refractivity contribution in [3.05, 3.63) is 45.0 Å². The lowest BCUT2D eigenvalue weighted by Gasteiger charge is -2.06. The van der Waals surface area contributed by atoms with E-state index in [-0.39, 0.29) is 26.1 Å². The minimum atomic E-state index is -1.27. The van der Waals surface area contributed by atoms with Gasteiger partial charge in [-0.25, -0.2) is 9.59 Å². The van der Waals surface area contributed by atoms with E-state index in [0.717, 1.165) is 0 Å². The number of ether oxygens (including phenoxy) is 2. The van der Waals surface area contributed by atoms with Crippen LogP contribution in [0, 0.1) is 20.2 Å². The highest BCUT2D eigenvalue weighted by atomic mass is 16.6. The van der Waals surface area contributed by atoms with Gasteiger partial charge in [0.2, 0.25) is 0 Å². The van der Waals surface area contributed by atoms with Crippen LogP contribution in [-0.4, -0.2) is 47.1 Å². The van der Waals surface area contributed by atoms with Crippen molar-refractivity contribution >= 4 is 11.9 Å². The third kappa shape index (κ3) is 11.7. The first-order valence-corrected chi connectivity index (χ1v) is 8.08. The average Bonchev–Trinajstić information content (AvgIpc) is 2.56. The average molecular weight is 374 g/mol. The molecule has 0 rings (SSSR count). The van der Waals surface area contributed by atoms with Gasteiger partial charge in [0.1, 0.15) is 0 Å². The van der Waals surface area contributed by atoms with Crippen LogP contribution in [0.3, 0.4) is 0 Å². The molecule has 0 amide bonds. The molecule has 10 heteroatoms. The number of carbonyl (C=O) groups is 2. The van der Waals surface area contributed by atoms with Gasteiger partial charge in [-0.3, -0.25) is 20.2 Å². The summed E-state index contributed by atoms with van der Waals surface area (Å²) in [6, 6.07) is -2.52. The Kier molecular flexibility index (Phi) is 15.4. The monoisotopic (exact) mass is 374 g/mol. The Morgan fingerprint density at radius 2 is 1.50 bits per heavy atom. The Morgan fingerprint density at radius 1 is 1.04 bits per heavy atom. The first-order chi connectivity index (χ1) is 12.3. The van der Waals surface area contributed by atoms with E-state index in [1.54, 1.807) is 32.9 Å². The maximum atomic E-state index is 11.0. The smallest absolute Gasteiger partial charge is 0.381 e. The van der Waals surface area contributed by atoms with Crippen LogP contribution in [0.1, 0.15) is 40.0 Å². The van der Waals surface area contributed by atoms with Crippen LogP contribution in [0.5, 0.6) is 0 Å². The van der Waals surface area contributed by atoms with Crippen molar-refractivity contribution < 1.29 is 28.9 Å². The third-order valence-electron chi connectivity index (χ3n) is 2.87. The summed E-state index contributed by atoms with van der Waals surface area (Å²) in [4.78, 5) is 41.5. The van der Waals surface area contributed by atoms with Crippen molar-refractivity contribution in [2.24, 2.45) is 0 Å². The quantitative estimate of drug-likeness (QED) is 0.232. The molecule has 0 aromatic carbocycles. The molecule has 148 valence electrons. The van der Waals surface area contributed by atoms with Crippen LogP contribution in [0.15, 0.2) is 24.8 Å². The minimum Gasteiger partial charge on any atom is -0.461 e. The first-order valence-electron chi connectivity index (χ1n) is 8.08. The van der Waals surface area contributed by atoms with Crippen molar-refractivity contribution in [3.63, 3.8) is 0 Å². The lowest BCUT2D eigenvalue weighted by Crippen LogP contribution is -2.31. The standard InChI is InChI=1S/2C8H13NO4/c2*1-3-5-6-7(9(11)12)8(10)13-4-2/h3,5,7H,4,6H2,1-2H3;3,7H,1,4-6H2,2H3. The van der Waals surface area contributed by atoms with Gasteiger partial charge in [0, 0.05) is 22.7 Å². The molecule has 0 N–H and O–H groups in total. The summed E-state index contributed by atoms with van der Waals surface area (Å²) in [6.07, 6.45) is 5.44. The molecule has 0 bridgehead atoms. The molecule has 10 nitrogen and oxygen atoms in total. The number of allylic oxidation sites excluding steroid dienone is 2. The maximum absolute atomic E-state index is 11.0.